The van der Waals surface area contributed by atoms with Crippen LogP contribution in [0.25, 0.3) is 10.8 Å². The summed E-state index contributed by atoms with van der Waals surface area (Å²) in [7, 11) is 1.54. The molecular weight excluding hydrogens is 378 g/mol. The molecule has 0 saturated carbocycles. The van der Waals surface area contributed by atoms with Gasteiger partial charge in [0.2, 0.25) is 0 Å². The van der Waals surface area contributed by atoms with E-state index in [9.17, 15) is 4.79 Å². The smallest absolute Gasteiger partial charge is 0.259 e. The third-order valence-electron chi connectivity index (χ3n) is 3.51. The maximum absolute atomic E-state index is 12.7. The molecule has 0 spiro atoms. The van der Waals surface area contributed by atoms with Gasteiger partial charge in [0.1, 0.15) is 5.75 Å². The van der Waals surface area contributed by atoms with Crippen LogP contribution in [0.5, 0.6) is 5.75 Å². The number of anilines is 1. The first kappa shape index (κ1) is 15.8. The number of rotatable bonds is 3. The molecular formula is C18H13BrClNO2. The van der Waals surface area contributed by atoms with Crippen LogP contribution in [0.15, 0.2) is 59.1 Å². The lowest BCUT2D eigenvalue weighted by Gasteiger charge is -2.14. The Balaban J connectivity index is 2.08. The van der Waals surface area contributed by atoms with Crippen LogP contribution >= 0.6 is 27.5 Å². The van der Waals surface area contributed by atoms with E-state index in [1.54, 1.807) is 19.2 Å². The number of hydrogen-bond acceptors (Lipinski definition) is 2. The van der Waals surface area contributed by atoms with Crippen molar-refractivity contribution in [1.82, 2.24) is 0 Å². The molecule has 3 aromatic rings. The summed E-state index contributed by atoms with van der Waals surface area (Å²) in [5, 5.41) is 5.24. The van der Waals surface area contributed by atoms with Crippen molar-refractivity contribution in [3.8, 4) is 5.75 Å². The second kappa shape index (κ2) is 6.60. The zero-order chi connectivity index (χ0) is 16.4. The largest absolute Gasteiger partial charge is 0.495 e. The van der Waals surface area contributed by atoms with Gasteiger partial charge < -0.3 is 10.1 Å². The van der Waals surface area contributed by atoms with Crippen molar-refractivity contribution in [3.05, 3.63) is 69.7 Å². The average molecular weight is 391 g/mol. The SMILES string of the molecule is COc1c(C(=O)Nc2ccccc2Cl)cc2ccccc2c1Br. The normalized spacial score (nSPS) is 10.6. The molecule has 0 bridgehead atoms. The summed E-state index contributed by atoms with van der Waals surface area (Å²) in [6.45, 7) is 0. The van der Waals surface area contributed by atoms with E-state index >= 15 is 0 Å². The van der Waals surface area contributed by atoms with E-state index in [0.29, 0.717) is 22.0 Å². The van der Waals surface area contributed by atoms with Gasteiger partial charge in [-0.05, 0) is 44.9 Å². The Kier molecular flexibility index (Phi) is 4.55. The summed E-state index contributed by atoms with van der Waals surface area (Å²) in [5.74, 6) is 0.217. The predicted octanol–water partition coefficient (Wildman–Crippen LogP) is 5.52. The quantitative estimate of drug-likeness (QED) is 0.640. The van der Waals surface area contributed by atoms with Crippen LogP contribution in [-0.2, 0) is 0 Å². The van der Waals surface area contributed by atoms with E-state index in [-0.39, 0.29) is 5.91 Å². The van der Waals surface area contributed by atoms with Crippen molar-refractivity contribution >= 4 is 49.9 Å². The van der Waals surface area contributed by atoms with Crippen LogP contribution in [-0.4, -0.2) is 13.0 Å². The van der Waals surface area contributed by atoms with Crippen molar-refractivity contribution in [2.45, 2.75) is 0 Å². The number of halogens is 2. The lowest BCUT2D eigenvalue weighted by Crippen LogP contribution is -2.14. The molecule has 5 heteroatoms. The van der Waals surface area contributed by atoms with Crippen molar-refractivity contribution in [2.75, 3.05) is 12.4 Å². The molecule has 0 saturated heterocycles. The van der Waals surface area contributed by atoms with Gasteiger partial charge in [-0.25, -0.2) is 0 Å². The molecule has 0 heterocycles. The van der Waals surface area contributed by atoms with E-state index in [0.717, 1.165) is 15.2 Å². The first-order valence-corrected chi connectivity index (χ1v) is 8.10. The van der Waals surface area contributed by atoms with Crippen LogP contribution in [0, 0.1) is 0 Å². The Hall–Kier alpha value is -2.04. The van der Waals surface area contributed by atoms with E-state index in [1.807, 2.05) is 42.5 Å². The number of para-hydroxylation sites is 1. The number of methoxy groups -OCH3 is 1. The molecule has 1 N–H and O–H groups in total. The molecule has 3 nitrogen and oxygen atoms in total. The summed E-state index contributed by atoms with van der Waals surface area (Å²) >= 11 is 9.63. The maximum Gasteiger partial charge on any atom is 0.259 e. The van der Waals surface area contributed by atoms with Gasteiger partial charge in [0.05, 0.1) is 27.9 Å². The van der Waals surface area contributed by atoms with Crippen molar-refractivity contribution in [2.24, 2.45) is 0 Å². The number of benzene rings is 3. The van der Waals surface area contributed by atoms with Gasteiger partial charge in [0.25, 0.3) is 5.91 Å². The van der Waals surface area contributed by atoms with E-state index in [4.69, 9.17) is 16.3 Å². The number of carbonyl (C=O) groups excluding carboxylic acids is 1. The zero-order valence-corrected chi connectivity index (χ0v) is 14.6. The molecule has 3 rings (SSSR count). The molecule has 23 heavy (non-hydrogen) atoms. The maximum atomic E-state index is 12.7. The second-order valence-corrected chi connectivity index (χ2v) is 6.13. The first-order chi connectivity index (χ1) is 11.1. The lowest BCUT2D eigenvalue weighted by molar-refractivity contribution is 0.102. The molecule has 0 fully saturated rings. The fraction of sp³-hybridized carbons (Fsp3) is 0.0556. The Morgan fingerprint density at radius 1 is 1.13 bits per heavy atom. The van der Waals surface area contributed by atoms with Crippen LogP contribution < -0.4 is 10.1 Å². The van der Waals surface area contributed by atoms with Crippen molar-refractivity contribution < 1.29 is 9.53 Å². The van der Waals surface area contributed by atoms with E-state index in [2.05, 4.69) is 21.2 Å². The third-order valence-corrected chi connectivity index (χ3v) is 4.63. The summed E-state index contributed by atoms with van der Waals surface area (Å²) in [4.78, 5) is 12.7. The Morgan fingerprint density at radius 2 is 1.83 bits per heavy atom. The fourth-order valence-corrected chi connectivity index (χ4v) is 3.32. The Morgan fingerprint density at radius 3 is 2.57 bits per heavy atom. The van der Waals surface area contributed by atoms with Gasteiger partial charge in [0, 0.05) is 0 Å². The molecule has 0 radical (unpaired) electrons. The standard InChI is InChI=1S/C18H13BrClNO2/c1-23-17-13(10-11-6-2-3-7-12(11)16(17)19)18(22)21-15-9-5-4-8-14(15)20/h2-10H,1H3,(H,21,22). The van der Waals surface area contributed by atoms with Crippen LogP contribution in [0.4, 0.5) is 5.69 Å². The minimum absolute atomic E-state index is 0.276. The summed E-state index contributed by atoms with van der Waals surface area (Å²) in [5.41, 5.74) is 1.00. The summed E-state index contributed by atoms with van der Waals surface area (Å²) in [6.07, 6.45) is 0. The Bertz CT molecular complexity index is 895. The van der Waals surface area contributed by atoms with Gasteiger partial charge in [-0.1, -0.05) is 48.0 Å². The highest BCUT2D eigenvalue weighted by molar-refractivity contribution is 9.10. The zero-order valence-electron chi connectivity index (χ0n) is 12.3. The fourth-order valence-electron chi connectivity index (χ4n) is 2.40. The van der Waals surface area contributed by atoms with Crippen LogP contribution in [0.2, 0.25) is 5.02 Å². The van der Waals surface area contributed by atoms with Gasteiger partial charge in [-0.15, -0.1) is 0 Å². The number of ether oxygens (including phenoxy) is 1. The average Bonchev–Trinajstić information content (AvgIpc) is 2.57. The Labute approximate surface area is 147 Å². The highest BCUT2D eigenvalue weighted by Crippen LogP contribution is 2.37. The van der Waals surface area contributed by atoms with E-state index in [1.165, 1.54) is 0 Å². The van der Waals surface area contributed by atoms with Crippen LogP contribution in [0.1, 0.15) is 10.4 Å². The third kappa shape index (κ3) is 3.05. The van der Waals surface area contributed by atoms with Gasteiger partial charge in [0.15, 0.2) is 0 Å². The minimum Gasteiger partial charge on any atom is -0.495 e. The molecule has 0 aromatic heterocycles. The van der Waals surface area contributed by atoms with Gasteiger partial charge >= 0.3 is 0 Å². The number of fused-ring (bicyclic) bond motifs is 1. The van der Waals surface area contributed by atoms with Crippen LogP contribution in [0.3, 0.4) is 0 Å². The molecule has 0 atom stereocenters. The first-order valence-electron chi connectivity index (χ1n) is 6.93. The van der Waals surface area contributed by atoms with Gasteiger partial charge in [-0.2, -0.15) is 0 Å². The summed E-state index contributed by atoms with van der Waals surface area (Å²) in [6, 6.07) is 16.7. The molecule has 0 aliphatic carbocycles. The highest BCUT2D eigenvalue weighted by atomic mass is 79.9. The summed E-state index contributed by atoms with van der Waals surface area (Å²) < 4.78 is 6.18. The molecule has 0 aliphatic rings. The number of amides is 1. The monoisotopic (exact) mass is 389 g/mol. The minimum atomic E-state index is -0.276. The molecule has 116 valence electrons. The molecule has 0 unspecified atom stereocenters. The lowest BCUT2D eigenvalue weighted by atomic mass is 10.1. The van der Waals surface area contributed by atoms with E-state index < -0.39 is 0 Å². The van der Waals surface area contributed by atoms with Crippen molar-refractivity contribution in [1.29, 1.82) is 0 Å². The number of nitrogens with one attached hydrogen (secondary N) is 1. The second-order valence-electron chi connectivity index (χ2n) is 4.93. The highest BCUT2D eigenvalue weighted by Gasteiger charge is 2.18. The molecule has 0 aliphatic heterocycles. The molecule has 3 aromatic carbocycles. The van der Waals surface area contributed by atoms with Crippen molar-refractivity contribution in [3.63, 3.8) is 0 Å². The molecule has 1 amide bonds. The number of hydrogen-bond donors (Lipinski definition) is 1. The predicted molar refractivity (Wildman–Crippen MR) is 97.6 cm³/mol. The van der Waals surface area contributed by atoms with Gasteiger partial charge in [-0.3, -0.25) is 4.79 Å². The number of carbonyl (C=O) groups is 1. The topological polar surface area (TPSA) is 38.3 Å².